The zero-order valence-electron chi connectivity index (χ0n) is 6.28. The van der Waals surface area contributed by atoms with Crippen LogP contribution in [0.15, 0.2) is 18.5 Å². The zero-order chi connectivity index (χ0) is 9.19. The second-order valence-electron chi connectivity index (χ2n) is 2.21. The van der Waals surface area contributed by atoms with Crippen LogP contribution in [0.5, 0.6) is 0 Å². The van der Waals surface area contributed by atoms with Crippen LogP contribution >= 0.6 is 11.6 Å². The Hall–Kier alpha value is -0.480. The van der Waals surface area contributed by atoms with Gasteiger partial charge in [-0.2, -0.15) is 13.2 Å². The quantitative estimate of drug-likeness (QED) is 0.612. The van der Waals surface area contributed by atoms with Crippen molar-refractivity contribution in [2.24, 2.45) is 0 Å². The Morgan fingerprint density at radius 1 is 1.31 bits per heavy atom. The molecule has 0 spiro atoms. The van der Waals surface area contributed by atoms with Crippen molar-refractivity contribution < 1.29 is 25.6 Å². The van der Waals surface area contributed by atoms with E-state index in [1.54, 1.807) is 0 Å². The minimum Gasteiger partial charge on any atom is -1.00 e. The van der Waals surface area contributed by atoms with E-state index in [1.165, 1.54) is 6.20 Å². The fourth-order valence-electron chi connectivity index (χ4n) is 0.716. The van der Waals surface area contributed by atoms with Gasteiger partial charge in [0.25, 0.3) is 0 Å². The van der Waals surface area contributed by atoms with Crippen molar-refractivity contribution in [2.75, 3.05) is 0 Å². The lowest BCUT2D eigenvalue weighted by atomic mass is 10.2. The van der Waals surface area contributed by atoms with E-state index in [4.69, 9.17) is 11.6 Å². The van der Waals surface area contributed by atoms with Crippen molar-refractivity contribution >= 4 is 11.6 Å². The Kier molecular flexibility index (Phi) is 4.50. The van der Waals surface area contributed by atoms with Crippen LogP contribution in [0.4, 0.5) is 13.2 Å². The third-order valence-electron chi connectivity index (χ3n) is 1.28. The van der Waals surface area contributed by atoms with E-state index in [1.807, 2.05) is 0 Å². The summed E-state index contributed by atoms with van der Waals surface area (Å²) in [7, 11) is 0. The number of rotatable bonds is 1. The molecule has 1 aromatic heterocycles. The summed E-state index contributed by atoms with van der Waals surface area (Å²) < 4.78 is 36.1. The first-order chi connectivity index (χ1) is 5.54. The molecule has 0 unspecified atom stereocenters. The van der Waals surface area contributed by atoms with Gasteiger partial charge in [-0.3, -0.25) is 4.98 Å². The lowest BCUT2D eigenvalue weighted by Gasteiger charge is -2.05. The van der Waals surface area contributed by atoms with E-state index in [-0.39, 0.29) is 18.3 Å². The van der Waals surface area contributed by atoms with E-state index in [0.29, 0.717) is 5.56 Å². The minimum absolute atomic E-state index is 0. The SMILES string of the molecule is FC(F)(F)c1cncc(CCl)c1.[Cl-]. The molecular formula is C7H5Cl2F3N-. The normalized spacial score (nSPS) is 10.8. The van der Waals surface area contributed by atoms with Crippen LogP contribution in [0.25, 0.3) is 0 Å². The largest absolute Gasteiger partial charge is 1.00 e. The minimum atomic E-state index is -4.34. The highest BCUT2D eigenvalue weighted by Crippen LogP contribution is 2.28. The summed E-state index contributed by atoms with van der Waals surface area (Å²) in [6.07, 6.45) is -2.26. The van der Waals surface area contributed by atoms with Crippen LogP contribution in [-0.4, -0.2) is 4.98 Å². The Morgan fingerprint density at radius 3 is 2.38 bits per heavy atom. The first kappa shape index (κ1) is 12.5. The van der Waals surface area contributed by atoms with Gasteiger partial charge in [0.2, 0.25) is 0 Å². The van der Waals surface area contributed by atoms with Crippen molar-refractivity contribution in [3.05, 3.63) is 29.6 Å². The smallest absolute Gasteiger partial charge is 0.417 e. The van der Waals surface area contributed by atoms with Gasteiger partial charge in [-0.25, -0.2) is 0 Å². The van der Waals surface area contributed by atoms with Crippen molar-refractivity contribution in [1.29, 1.82) is 0 Å². The van der Waals surface area contributed by atoms with E-state index < -0.39 is 11.7 Å². The average molecular weight is 231 g/mol. The molecule has 0 radical (unpaired) electrons. The van der Waals surface area contributed by atoms with Crippen molar-refractivity contribution in [3.8, 4) is 0 Å². The van der Waals surface area contributed by atoms with Crippen LogP contribution < -0.4 is 12.4 Å². The highest BCUT2D eigenvalue weighted by atomic mass is 35.5. The summed E-state index contributed by atoms with van der Waals surface area (Å²) in [4.78, 5) is 3.42. The Balaban J connectivity index is 0.00000144. The highest BCUT2D eigenvalue weighted by Gasteiger charge is 2.30. The maximum atomic E-state index is 12.0. The summed E-state index contributed by atoms with van der Waals surface area (Å²) in [6.45, 7) is 0. The number of halogens is 5. The van der Waals surface area contributed by atoms with E-state index in [0.717, 1.165) is 12.3 Å². The number of alkyl halides is 4. The molecule has 1 nitrogen and oxygen atoms in total. The standard InChI is InChI=1S/C7H5ClF3N.ClH/c8-2-5-1-6(4-12-3-5)7(9,10)11;/h1,3-4H,2H2;1H/p-1. The van der Waals surface area contributed by atoms with Gasteiger partial charge < -0.3 is 12.4 Å². The van der Waals surface area contributed by atoms with Gasteiger partial charge >= 0.3 is 6.18 Å². The number of nitrogens with zero attached hydrogens (tertiary/aromatic N) is 1. The molecule has 0 bridgehead atoms. The predicted octanol–water partition coefficient (Wildman–Crippen LogP) is -0.157. The lowest BCUT2D eigenvalue weighted by Crippen LogP contribution is -3.00. The molecular weight excluding hydrogens is 226 g/mol. The first-order valence-electron chi connectivity index (χ1n) is 3.11. The maximum Gasteiger partial charge on any atom is 0.417 e. The molecule has 74 valence electrons. The average Bonchev–Trinajstić information content (AvgIpc) is 2.03. The molecule has 0 aliphatic carbocycles. The molecule has 0 saturated carbocycles. The van der Waals surface area contributed by atoms with Crippen LogP contribution in [0, 0.1) is 0 Å². The van der Waals surface area contributed by atoms with Crippen molar-refractivity contribution in [3.63, 3.8) is 0 Å². The van der Waals surface area contributed by atoms with Gasteiger partial charge in [0, 0.05) is 18.3 Å². The number of pyridine rings is 1. The van der Waals surface area contributed by atoms with Gasteiger partial charge in [0.05, 0.1) is 5.56 Å². The third-order valence-corrected chi connectivity index (χ3v) is 1.59. The second kappa shape index (κ2) is 4.67. The molecule has 0 aliphatic rings. The highest BCUT2D eigenvalue weighted by molar-refractivity contribution is 6.17. The summed E-state index contributed by atoms with van der Waals surface area (Å²) in [5.74, 6) is 0.0386. The fraction of sp³-hybridized carbons (Fsp3) is 0.286. The zero-order valence-corrected chi connectivity index (χ0v) is 7.79. The Morgan fingerprint density at radius 2 is 1.92 bits per heavy atom. The third kappa shape index (κ3) is 3.40. The fourth-order valence-corrected chi connectivity index (χ4v) is 0.862. The van der Waals surface area contributed by atoms with Gasteiger partial charge in [-0.05, 0) is 11.6 Å². The summed E-state index contributed by atoms with van der Waals surface area (Å²) in [5.41, 5.74) is -0.396. The molecule has 0 saturated heterocycles. The summed E-state index contributed by atoms with van der Waals surface area (Å²) >= 11 is 5.34. The number of hydrogen-bond donors (Lipinski definition) is 0. The van der Waals surface area contributed by atoms with Crippen LogP contribution in [-0.2, 0) is 12.1 Å². The molecule has 0 aromatic carbocycles. The van der Waals surface area contributed by atoms with E-state index in [2.05, 4.69) is 4.98 Å². The van der Waals surface area contributed by atoms with E-state index >= 15 is 0 Å². The number of aromatic nitrogens is 1. The Bertz CT molecular complexity index is 275. The molecule has 13 heavy (non-hydrogen) atoms. The van der Waals surface area contributed by atoms with Crippen LogP contribution in [0.2, 0.25) is 0 Å². The van der Waals surface area contributed by atoms with Crippen molar-refractivity contribution in [1.82, 2.24) is 4.98 Å². The molecule has 1 heterocycles. The molecule has 0 atom stereocenters. The lowest BCUT2D eigenvalue weighted by molar-refractivity contribution is -0.137. The predicted molar refractivity (Wildman–Crippen MR) is 38.8 cm³/mol. The van der Waals surface area contributed by atoms with Gasteiger partial charge in [0.1, 0.15) is 0 Å². The molecule has 1 aromatic rings. The molecule has 0 amide bonds. The van der Waals surface area contributed by atoms with Gasteiger partial charge in [0.15, 0.2) is 0 Å². The van der Waals surface area contributed by atoms with E-state index in [9.17, 15) is 13.2 Å². The van der Waals surface area contributed by atoms with Crippen LogP contribution in [0.3, 0.4) is 0 Å². The molecule has 0 aliphatic heterocycles. The molecule has 0 fully saturated rings. The summed E-state index contributed by atoms with van der Waals surface area (Å²) in [5, 5.41) is 0. The molecule has 0 N–H and O–H groups in total. The van der Waals surface area contributed by atoms with Gasteiger partial charge in [-0.1, -0.05) is 0 Å². The first-order valence-corrected chi connectivity index (χ1v) is 3.64. The molecule has 6 heteroatoms. The second-order valence-corrected chi connectivity index (χ2v) is 2.48. The monoisotopic (exact) mass is 230 g/mol. The maximum absolute atomic E-state index is 12.0. The topological polar surface area (TPSA) is 12.9 Å². The van der Waals surface area contributed by atoms with Crippen molar-refractivity contribution in [2.45, 2.75) is 12.1 Å². The Labute approximate surface area is 84.3 Å². The molecule has 1 rings (SSSR count). The number of hydrogen-bond acceptors (Lipinski definition) is 1. The van der Waals surface area contributed by atoms with Gasteiger partial charge in [-0.15, -0.1) is 11.6 Å². The summed E-state index contributed by atoms with van der Waals surface area (Å²) in [6, 6.07) is 0.986. The van der Waals surface area contributed by atoms with Crippen LogP contribution in [0.1, 0.15) is 11.1 Å².